The monoisotopic (exact) mass is 596 g/mol. The number of phenols is 1. The number of para-hydroxylation sites is 1. The van der Waals surface area contributed by atoms with Gasteiger partial charge in [-0.05, 0) is 97.0 Å². The largest absolute Gasteiger partial charge is 0.508 e. The molecule has 0 unspecified atom stereocenters. The lowest BCUT2D eigenvalue weighted by Crippen LogP contribution is -2.34. The Labute approximate surface area is 263 Å². The zero-order valence-electron chi connectivity index (χ0n) is 25.2. The van der Waals surface area contributed by atoms with Gasteiger partial charge >= 0.3 is 0 Å². The summed E-state index contributed by atoms with van der Waals surface area (Å²) in [6, 6.07) is 34.9. The van der Waals surface area contributed by atoms with Crippen LogP contribution < -0.4 is 10.2 Å². The summed E-state index contributed by atoms with van der Waals surface area (Å²) in [6.07, 6.45) is 4.22. The van der Waals surface area contributed by atoms with E-state index in [1.165, 1.54) is 21.6 Å². The number of aromatic hydroxyl groups is 1. The smallest absolute Gasteiger partial charge is 0.238 e. The van der Waals surface area contributed by atoms with E-state index in [-0.39, 0.29) is 35.5 Å². The number of hydrogen-bond acceptors (Lipinski definition) is 5. The van der Waals surface area contributed by atoms with Gasteiger partial charge in [0.25, 0.3) is 0 Å². The molecule has 4 aromatic rings. The normalized spacial score (nSPS) is 22.9. The lowest BCUT2D eigenvalue weighted by Gasteiger charge is -2.30. The van der Waals surface area contributed by atoms with Crippen molar-refractivity contribution in [1.82, 2.24) is 0 Å². The highest BCUT2D eigenvalue weighted by Crippen LogP contribution is 2.50. The fraction of sp³-hybridized carbons (Fsp3) is 0.231. The average molecular weight is 597 g/mol. The van der Waals surface area contributed by atoms with E-state index in [0.29, 0.717) is 18.7 Å². The molecule has 1 aliphatic carbocycles. The molecule has 6 nitrogen and oxygen atoms in total. The van der Waals surface area contributed by atoms with Gasteiger partial charge in [0.15, 0.2) is 0 Å². The molecular formula is C39H36N2O4. The summed E-state index contributed by atoms with van der Waals surface area (Å²) in [6.45, 7) is 2.56. The minimum Gasteiger partial charge on any atom is -0.508 e. The molecule has 7 rings (SSSR count). The molecule has 6 heteroatoms. The lowest BCUT2D eigenvalue weighted by atomic mass is 9.70. The molecule has 2 heterocycles. The van der Waals surface area contributed by atoms with E-state index in [0.717, 1.165) is 35.3 Å². The molecule has 0 bridgehead atoms. The second-order valence-corrected chi connectivity index (χ2v) is 12.2. The maximum atomic E-state index is 13.9. The second kappa shape index (κ2) is 12.2. The molecular weight excluding hydrogens is 560 g/mol. The van der Waals surface area contributed by atoms with E-state index in [1.807, 2.05) is 84.9 Å². The van der Waals surface area contributed by atoms with Crippen LogP contribution in [0.25, 0.3) is 11.6 Å². The van der Waals surface area contributed by atoms with Gasteiger partial charge in [-0.15, -0.1) is 0 Å². The number of nitrogens with one attached hydrogen (secondary N) is 1. The van der Waals surface area contributed by atoms with Gasteiger partial charge in [-0.1, -0.05) is 72.3 Å². The predicted octanol–water partition coefficient (Wildman–Crippen LogP) is 8.00. The molecule has 226 valence electrons. The SMILES string of the molecule is CC1=C2[C@@H](CC/C(=C/c3ccc(O)cc3)c3ccccc3)OC[C@@H]2[C@@H]2C(=O)N(c3ccc(Nc4ccccc4)cc3)C(=O)[C@@H]2C1. The maximum absolute atomic E-state index is 13.9. The number of anilines is 3. The van der Waals surface area contributed by atoms with Crippen molar-refractivity contribution >= 4 is 40.5 Å². The van der Waals surface area contributed by atoms with Gasteiger partial charge in [-0.2, -0.15) is 0 Å². The Morgan fingerprint density at radius 2 is 1.51 bits per heavy atom. The minimum absolute atomic E-state index is 0.0875. The third kappa shape index (κ3) is 5.69. The van der Waals surface area contributed by atoms with Crippen LogP contribution in [0, 0.1) is 17.8 Å². The number of ether oxygens (including phenoxy) is 1. The number of benzene rings is 4. The van der Waals surface area contributed by atoms with Crippen molar-refractivity contribution in [3.8, 4) is 5.75 Å². The van der Waals surface area contributed by atoms with Crippen molar-refractivity contribution in [2.24, 2.45) is 17.8 Å². The van der Waals surface area contributed by atoms with E-state index in [1.54, 1.807) is 12.1 Å². The third-order valence-corrected chi connectivity index (χ3v) is 9.39. The summed E-state index contributed by atoms with van der Waals surface area (Å²) in [5.41, 5.74) is 8.21. The fourth-order valence-electron chi connectivity index (χ4n) is 7.28. The summed E-state index contributed by atoms with van der Waals surface area (Å²) in [7, 11) is 0. The lowest BCUT2D eigenvalue weighted by molar-refractivity contribution is -0.122. The Kier molecular flexibility index (Phi) is 7.82. The number of imide groups is 1. The van der Waals surface area contributed by atoms with Crippen LogP contribution in [0.5, 0.6) is 5.75 Å². The molecule has 0 aromatic heterocycles. The predicted molar refractivity (Wildman–Crippen MR) is 178 cm³/mol. The zero-order valence-corrected chi connectivity index (χ0v) is 25.2. The molecule has 2 saturated heterocycles. The Hall–Kier alpha value is -4.94. The van der Waals surface area contributed by atoms with Crippen molar-refractivity contribution in [2.75, 3.05) is 16.8 Å². The number of fused-ring (bicyclic) bond motifs is 3. The Bertz CT molecular complexity index is 1760. The maximum Gasteiger partial charge on any atom is 0.238 e. The van der Waals surface area contributed by atoms with Crippen molar-refractivity contribution in [1.29, 1.82) is 0 Å². The summed E-state index contributed by atoms with van der Waals surface area (Å²) in [5, 5.41) is 13.1. The number of carbonyl (C=O) groups excluding carboxylic acids is 2. The van der Waals surface area contributed by atoms with Crippen molar-refractivity contribution < 1.29 is 19.4 Å². The van der Waals surface area contributed by atoms with Crippen molar-refractivity contribution in [3.05, 3.63) is 131 Å². The van der Waals surface area contributed by atoms with E-state index in [2.05, 4.69) is 30.4 Å². The number of carbonyl (C=O) groups is 2. The molecule has 2 amide bonds. The van der Waals surface area contributed by atoms with E-state index < -0.39 is 5.92 Å². The first-order valence-electron chi connectivity index (χ1n) is 15.6. The highest BCUT2D eigenvalue weighted by molar-refractivity contribution is 6.22. The van der Waals surface area contributed by atoms with Crippen LogP contribution in [0.4, 0.5) is 17.1 Å². The molecule has 4 atom stereocenters. The molecule has 0 radical (unpaired) electrons. The summed E-state index contributed by atoms with van der Waals surface area (Å²) in [4.78, 5) is 29.1. The molecule has 2 N–H and O–H groups in total. The van der Waals surface area contributed by atoms with Gasteiger partial charge in [0, 0.05) is 17.3 Å². The van der Waals surface area contributed by atoms with Crippen LogP contribution in [0.2, 0.25) is 0 Å². The Morgan fingerprint density at radius 3 is 2.22 bits per heavy atom. The standard InChI is InChI=1S/C39H36N2O4/c1-25-22-33-37(39(44)41(38(33)43)31-17-15-30(16-18-31)40-29-10-6-3-7-11-29)34-24-45-35(36(25)34)21-14-28(27-8-4-2-5-9-27)23-26-12-19-32(42)20-13-26/h2-13,15-20,23,33-35,37,40,42H,14,21-22,24H2,1H3/b28-23-/t33-,34+,35-,37-/m1/s1. The van der Waals surface area contributed by atoms with E-state index >= 15 is 0 Å². The van der Waals surface area contributed by atoms with Gasteiger partial charge < -0.3 is 15.2 Å². The first-order valence-corrected chi connectivity index (χ1v) is 15.6. The summed E-state index contributed by atoms with van der Waals surface area (Å²) in [5.74, 6) is -0.832. The second-order valence-electron chi connectivity index (χ2n) is 12.2. The topological polar surface area (TPSA) is 78.9 Å². The number of nitrogens with zero attached hydrogens (tertiary/aromatic N) is 1. The molecule has 2 aliphatic heterocycles. The van der Waals surface area contributed by atoms with Gasteiger partial charge in [0.2, 0.25) is 11.8 Å². The van der Waals surface area contributed by atoms with Gasteiger partial charge in [0.1, 0.15) is 5.75 Å². The first-order chi connectivity index (χ1) is 22.0. The highest BCUT2D eigenvalue weighted by atomic mass is 16.5. The third-order valence-electron chi connectivity index (χ3n) is 9.39. The molecule has 4 aromatic carbocycles. The van der Waals surface area contributed by atoms with Crippen molar-refractivity contribution in [3.63, 3.8) is 0 Å². The van der Waals surface area contributed by atoms with E-state index in [4.69, 9.17) is 4.74 Å². The van der Waals surface area contributed by atoms with Crippen LogP contribution in [-0.4, -0.2) is 29.6 Å². The highest BCUT2D eigenvalue weighted by Gasteiger charge is 2.56. The van der Waals surface area contributed by atoms with Crippen LogP contribution >= 0.6 is 0 Å². The summed E-state index contributed by atoms with van der Waals surface area (Å²) < 4.78 is 6.42. The molecule has 0 spiro atoms. The number of phenolic OH excluding ortho intramolecular Hbond substituents is 1. The van der Waals surface area contributed by atoms with Crippen LogP contribution in [0.15, 0.2) is 120 Å². The zero-order chi connectivity index (χ0) is 30.9. The Balaban J connectivity index is 1.08. The molecule has 3 aliphatic rings. The molecule has 45 heavy (non-hydrogen) atoms. The van der Waals surface area contributed by atoms with Gasteiger partial charge in [0.05, 0.1) is 30.2 Å². The molecule has 2 fully saturated rings. The quantitative estimate of drug-likeness (QED) is 0.122. The Morgan fingerprint density at radius 1 is 0.844 bits per heavy atom. The minimum atomic E-state index is -0.399. The van der Waals surface area contributed by atoms with Crippen LogP contribution in [0.1, 0.15) is 37.3 Å². The van der Waals surface area contributed by atoms with Gasteiger partial charge in [-0.25, -0.2) is 0 Å². The number of hydrogen-bond donors (Lipinski definition) is 2. The number of amides is 2. The fourth-order valence-corrected chi connectivity index (χ4v) is 7.28. The number of rotatable bonds is 8. The number of allylic oxidation sites excluding steroid dienone is 2. The molecule has 0 saturated carbocycles. The van der Waals surface area contributed by atoms with Crippen molar-refractivity contribution in [2.45, 2.75) is 32.3 Å². The van der Waals surface area contributed by atoms with Crippen LogP contribution in [-0.2, 0) is 14.3 Å². The van der Waals surface area contributed by atoms with Gasteiger partial charge in [-0.3, -0.25) is 14.5 Å². The van der Waals surface area contributed by atoms with Crippen LogP contribution in [0.3, 0.4) is 0 Å². The van der Waals surface area contributed by atoms with E-state index in [9.17, 15) is 14.7 Å². The summed E-state index contributed by atoms with van der Waals surface area (Å²) >= 11 is 0. The first kappa shape index (κ1) is 28.8. The average Bonchev–Trinajstić information content (AvgIpc) is 3.60.